The lowest BCUT2D eigenvalue weighted by atomic mass is 10.1. The van der Waals surface area contributed by atoms with E-state index in [4.69, 9.17) is 4.74 Å². The van der Waals surface area contributed by atoms with Gasteiger partial charge in [-0.05, 0) is 44.0 Å². The quantitative estimate of drug-likeness (QED) is 0.558. The number of hydrogen-bond acceptors (Lipinski definition) is 3. The second-order valence-corrected chi connectivity index (χ2v) is 5.57. The Morgan fingerprint density at radius 1 is 1.24 bits per heavy atom. The molecular weight excluding hydrogens is 266 g/mol. The average molecular weight is 289 g/mol. The maximum Gasteiger partial charge on any atom is 0.414 e. The van der Waals surface area contributed by atoms with Crippen LogP contribution in [0.2, 0.25) is 0 Å². The van der Waals surface area contributed by atoms with Gasteiger partial charge in [-0.25, -0.2) is 4.79 Å². The van der Waals surface area contributed by atoms with E-state index in [-0.39, 0.29) is 18.0 Å². The first-order valence-electron chi connectivity index (χ1n) is 7.71. The predicted octanol–water partition coefficient (Wildman–Crippen LogP) is 4.18. The van der Waals surface area contributed by atoms with Crippen LogP contribution in [0.15, 0.2) is 24.3 Å². The maximum absolute atomic E-state index is 11.9. The molecule has 21 heavy (non-hydrogen) atoms. The zero-order chi connectivity index (χ0) is 15.2. The number of carbonyl (C=O) groups is 2. The number of carbonyl (C=O) groups excluding carboxylic acids is 2. The molecule has 0 aliphatic carbocycles. The fraction of sp³-hybridized carbons (Fsp3) is 0.529. The molecule has 4 nitrogen and oxygen atoms in total. The minimum absolute atomic E-state index is 0.0122. The van der Waals surface area contributed by atoms with Crippen LogP contribution in [0, 0.1) is 0 Å². The summed E-state index contributed by atoms with van der Waals surface area (Å²) in [4.78, 5) is 24.8. The molecule has 0 radical (unpaired) electrons. The van der Waals surface area contributed by atoms with Crippen molar-refractivity contribution >= 4 is 17.6 Å². The van der Waals surface area contributed by atoms with Crippen molar-refractivity contribution < 1.29 is 14.3 Å². The normalized spacial score (nSPS) is 17.9. The molecule has 2 rings (SSSR count). The monoisotopic (exact) mass is 289 g/mol. The second-order valence-electron chi connectivity index (χ2n) is 5.57. The largest absolute Gasteiger partial charge is 0.444 e. The molecule has 1 amide bonds. The Hall–Kier alpha value is -1.84. The van der Waals surface area contributed by atoms with Crippen molar-refractivity contribution in [2.45, 2.75) is 52.1 Å². The van der Waals surface area contributed by atoms with Crippen LogP contribution >= 0.6 is 0 Å². The van der Waals surface area contributed by atoms with Gasteiger partial charge in [0.2, 0.25) is 0 Å². The molecular formula is C17H23NO3. The van der Waals surface area contributed by atoms with Gasteiger partial charge < -0.3 is 4.74 Å². The molecule has 1 unspecified atom stereocenters. The highest BCUT2D eigenvalue weighted by Crippen LogP contribution is 2.24. The Kier molecular flexibility index (Phi) is 5.37. The van der Waals surface area contributed by atoms with Gasteiger partial charge in [0.25, 0.3) is 0 Å². The molecule has 1 aromatic carbocycles. The van der Waals surface area contributed by atoms with Crippen LogP contribution in [0.25, 0.3) is 0 Å². The molecule has 1 aliphatic heterocycles. The van der Waals surface area contributed by atoms with Crippen molar-refractivity contribution in [1.82, 2.24) is 0 Å². The number of benzene rings is 1. The van der Waals surface area contributed by atoms with Gasteiger partial charge >= 0.3 is 6.09 Å². The first-order chi connectivity index (χ1) is 10.1. The second kappa shape index (κ2) is 7.25. The fourth-order valence-corrected chi connectivity index (χ4v) is 2.56. The predicted molar refractivity (Wildman–Crippen MR) is 82.8 cm³/mol. The lowest BCUT2D eigenvalue weighted by Gasteiger charge is -2.13. The molecule has 0 bridgehead atoms. The SMILES string of the molecule is CCCCCCC1CN(c2ccc(C(C)=O)cc2)C(=O)O1. The van der Waals surface area contributed by atoms with Crippen LogP contribution in [0.4, 0.5) is 10.5 Å². The van der Waals surface area contributed by atoms with Crippen LogP contribution in [0.1, 0.15) is 56.3 Å². The Labute approximate surface area is 126 Å². The van der Waals surface area contributed by atoms with Gasteiger partial charge in [0.05, 0.1) is 6.54 Å². The highest BCUT2D eigenvalue weighted by Gasteiger charge is 2.31. The minimum Gasteiger partial charge on any atom is -0.444 e. The zero-order valence-corrected chi connectivity index (χ0v) is 12.8. The Balaban J connectivity index is 1.91. The molecule has 1 aromatic rings. The van der Waals surface area contributed by atoms with Crippen LogP contribution < -0.4 is 4.90 Å². The maximum atomic E-state index is 11.9. The zero-order valence-electron chi connectivity index (χ0n) is 12.8. The van der Waals surface area contributed by atoms with Crippen molar-refractivity contribution in [2.24, 2.45) is 0 Å². The number of amides is 1. The standard InChI is InChI=1S/C17H23NO3/c1-3-4-5-6-7-16-12-18(17(20)21-16)15-10-8-14(9-11-15)13(2)19/h8-11,16H,3-7,12H2,1-2H3. The molecule has 0 spiro atoms. The number of rotatable bonds is 7. The summed E-state index contributed by atoms with van der Waals surface area (Å²) in [7, 11) is 0. The Morgan fingerprint density at radius 3 is 2.57 bits per heavy atom. The van der Waals surface area contributed by atoms with Crippen molar-refractivity contribution in [3.8, 4) is 0 Å². The lowest BCUT2D eigenvalue weighted by Crippen LogP contribution is -2.24. The summed E-state index contributed by atoms with van der Waals surface area (Å²) in [6.45, 7) is 4.32. The van der Waals surface area contributed by atoms with Gasteiger partial charge in [-0.15, -0.1) is 0 Å². The summed E-state index contributed by atoms with van der Waals surface area (Å²) in [6, 6.07) is 7.11. The average Bonchev–Trinajstić information content (AvgIpc) is 2.85. The Morgan fingerprint density at radius 2 is 1.95 bits per heavy atom. The minimum atomic E-state index is -0.286. The van der Waals surface area contributed by atoms with E-state index in [9.17, 15) is 9.59 Å². The van der Waals surface area contributed by atoms with E-state index >= 15 is 0 Å². The van der Waals surface area contributed by atoms with Gasteiger partial charge in [0, 0.05) is 11.3 Å². The summed E-state index contributed by atoms with van der Waals surface area (Å²) in [6.07, 6.45) is 5.36. The van der Waals surface area contributed by atoms with Crippen LogP contribution in [0.5, 0.6) is 0 Å². The van der Waals surface area contributed by atoms with Crippen LogP contribution in [-0.2, 0) is 4.74 Å². The highest BCUT2D eigenvalue weighted by molar-refractivity contribution is 5.95. The molecule has 0 aromatic heterocycles. The van der Waals surface area contributed by atoms with E-state index in [0.29, 0.717) is 12.1 Å². The molecule has 0 saturated carbocycles. The fourth-order valence-electron chi connectivity index (χ4n) is 2.56. The summed E-state index contributed by atoms with van der Waals surface area (Å²) >= 11 is 0. The third-order valence-electron chi connectivity index (χ3n) is 3.84. The molecule has 1 heterocycles. The number of cyclic esters (lactones) is 1. The van der Waals surface area contributed by atoms with Crippen molar-refractivity contribution in [3.05, 3.63) is 29.8 Å². The van der Waals surface area contributed by atoms with Crippen LogP contribution in [0.3, 0.4) is 0 Å². The number of nitrogens with zero attached hydrogens (tertiary/aromatic N) is 1. The van der Waals surface area contributed by atoms with Gasteiger partial charge in [0.15, 0.2) is 5.78 Å². The van der Waals surface area contributed by atoms with Crippen molar-refractivity contribution in [3.63, 3.8) is 0 Å². The lowest BCUT2D eigenvalue weighted by molar-refractivity contribution is 0.101. The summed E-state index contributed by atoms with van der Waals surface area (Å²) in [5, 5.41) is 0. The van der Waals surface area contributed by atoms with Gasteiger partial charge in [-0.2, -0.15) is 0 Å². The Bertz CT molecular complexity index is 495. The molecule has 1 aliphatic rings. The number of ketones is 1. The van der Waals surface area contributed by atoms with Gasteiger partial charge in [-0.3, -0.25) is 9.69 Å². The van der Waals surface area contributed by atoms with E-state index in [0.717, 1.165) is 18.5 Å². The molecule has 114 valence electrons. The molecule has 1 fully saturated rings. The first-order valence-corrected chi connectivity index (χ1v) is 7.71. The topological polar surface area (TPSA) is 46.6 Å². The molecule has 1 atom stereocenters. The smallest absolute Gasteiger partial charge is 0.414 e. The van der Waals surface area contributed by atoms with Gasteiger partial charge in [-0.1, -0.05) is 26.2 Å². The number of ether oxygens (including phenoxy) is 1. The summed E-state index contributed by atoms with van der Waals surface area (Å²) in [5.41, 5.74) is 1.45. The molecule has 4 heteroatoms. The van der Waals surface area contributed by atoms with E-state index < -0.39 is 0 Å². The van der Waals surface area contributed by atoms with Crippen LogP contribution in [-0.4, -0.2) is 24.5 Å². The molecule has 1 saturated heterocycles. The van der Waals surface area contributed by atoms with Crippen molar-refractivity contribution in [1.29, 1.82) is 0 Å². The number of anilines is 1. The van der Waals surface area contributed by atoms with Crippen molar-refractivity contribution in [2.75, 3.05) is 11.4 Å². The number of hydrogen-bond donors (Lipinski definition) is 0. The molecule has 0 N–H and O–H groups in total. The third kappa shape index (κ3) is 4.06. The first kappa shape index (κ1) is 15.5. The summed E-state index contributed by atoms with van der Waals surface area (Å²) in [5.74, 6) is 0.0272. The van der Waals surface area contributed by atoms with E-state index in [1.54, 1.807) is 29.2 Å². The third-order valence-corrected chi connectivity index (χ3v) is 3.84. The van der Waals surface area contributed by atoms with E-state index in [2.05, 4.69) is 6.92 Å². The van der Waals surface area contributed by atoms with E-state index in [1.807, 2.05) is 0 Å². The number of unbranched alkanes of at least 4 members (excludes halogenated alkanes) is 3. The summed E-state index contributed by atoms with van der Waals surface area (Å²) < 4.78 is 5.41. The van der Waals surface area contributed by atoms with E-state index in [1.165, 1.54) is 26.2 Å². The highest BCUT2D eigenvalue weighted by atomic mass is 16.6. The number of Topliss-reactive ketones (excluding diaryl/α,β-unsaturated/α-hetero) is 1. The van der Waals surface area contributed by atoms with Gasteiger partial charge in [0.1, 0.15) is 6.10 Å².